The third-order valence-corrected chi connectivity index (χ3v) is 2.97. The van der Waals surface area contributed by atoms with Gasteiger partial charge in [0, 0.05) is 0 Å². The normalized spacial score (nSPS) is 16.2. The third kappa shape index (κ3) is 3.65. The largest absolute Gasteiger partial charge is 0.453 e. The minimum absolute atomic E-state index is 0.0358. The standard InChI is InChI=1S/C13H15F5O/c1-3-9-4-6-10(7-5-9)11(2,19)8-12(14,15)13(16,17)18/h4-7,19H,3,8H2,1-2H3. The predicted molar refractivity (Wildman–Crippen MR) is 61.0 cm³/mol. The monoisotopic (exact) mass is 282 g/mol. The van der Waals surface area contributed by atoms with Crippen molar-refractivity contribution in [3.63, 3.8) is 0 Å². The number of aliphatic hydroxyl groups is 1. The van der Waals surface area contributed by atoms with E-state index in [-0.39, 0.29) is 5.56 Å². The number of hydrogen-bond acceptors (Lipinski definition) is 1. The number of aryl methyl sites for hydroxylation is 1. The fourth-order valence-corrected chi connectivity index (χ4v) is 1.73. The van der Waals surface area contributed by atoms with Crippen molar-refractivity contribution in [3.05, 3.63) is 35.4 Å². The lowest BCUT2D eigenvalue weighted by molar-refractivity contribution is -0.296. The van der Waals surface area contributed by atoms with E-state index in [1.54, 1.807) is 12.1 Å². The van der Waals surface area contributed by atoms with Crippen molar-refractivity contribution in [1.82, 2.24) is 0 Å². The topological polar surface area (TPSA) is 20.2 Å². The number of hydrogen-bond donors (Lipinski definition) is 1. The molecule has 1 aromatic carbocycles. The first-order chi connectivity index (χ1) is 8.49. The molecule has 0 aliphatic rings. The van der Waals surface area contributed by atoms with Crippen LogP contribution in [0.5, 0.6) is 0 Å². The summed E-state index contributed by atoms with van der Waals surface area (Å²) in [5, 5.41) is 9.87. The van der Waals surface area contributed by atoms with Crippen LogP contribution in [0.25, 0.3) is 0 Å². The summed E-state index contributed by atoms with van der Waals surface area (Å²) in [4.78, 5) is 0. The molecule has 1 N–H and O–H groups in total. The van der Waals surface area contributed by atoms with Crippen LogP contribution in [-0.4, -0.2) is 17.2 Å². The van der Waals surface area contributed by atoms with Gasteiger partial charge in [0.05, 0.1) is 12.0 Å². The van der Waals surface area contributed by atoms with E-state index < -0.39 is 24.1 Å². The zero-order valence-corrected chi connectivity index (χ0v) is 10.6. The molecule has 0 radical (unpaired) electrons. The number of alkyl halides is 5. The first-order valence-corrected chi connectivity index (χ1v) is 5.76. The molecule has 1 rings (SSSR count). The highest BCUT2D eigenvalue weighted by molar-refractivity contribution is 5.27. The Morgan fingerprint density at radius 3 is 1.84 bits per heavy atom. The summed E-state index contributed by atoms with van der Waals surface area (Å²) in [7, 11) is 0. The van der Waals surface area contributed by atoms with Crippen LogP contribution >= 0.6 is 0 Å². The Labute approximate surface area is 108 Å². The smallest absolute Gasteiger partial charge is 0.385 e. The molecule has 19 heavy (non-hydrogen) atoms. The van der Waals surface area contributed by atoms with Gasteiger partial charge < -0.3 is 5.11 Å². The zero-order valence-electron chi connectivity index (χ0n) is 10.6. The lowest BCUT2D eigenvalue weighted by Crippen LogP contribution is -2.42. The molecule has 0 spiro atoms. The summed E-state index contributed by atoms with van der Waals surface area (Å²) in [6.45, 7) is 2.83. The Balaban J connectivity index is 2.97. The molecule has 0 saturated heterocycles. The Kier molecular flexibility index (Phi) is 4.24. The van der Waals surface area contributed by atoms with E-state index in [1.165, 1.54) is 12.1 Å². The Morgan fingerprint density at radius 2 is 1.47 bits per heavy atom. The third-order valence-electron chi connectivity index (χ3n) is 2.97. The Bertz CT molecular complexity index is 420. The van der Waals surface area contributed by atoms with Crippen LogP contribution in [0, 0.1) is 0 Å². The van der Waals surface area contributed by atoms with Crippen molar-refractivity contribution in [2.75, 3.05) is 0 Å². The highest BCUT2D eigenvalue weighted by atomic mass is 19.4. The molecule has 1 atom stereocenters. The Morgan fingerprint density at radius 1 is 1.00 bits per heavy atom. The number of halogens is 5. The first-order valence-electron chi connectivity index (χ1n) is 5.76. The van der Waals surface area contributed by atoms with Crippen molar-refractivity contribution < 1.29 is 27.1 Å². The molecule has 0 aliphatic carbocycles. The van der Waals surface area contributed by atoms with E-state index in [2.05, 4.69) is 0 Å². The van der Waals surface area contributed by atoms with E-state index in [0.29, 0.717) is 6.42 Å². The Hall–Kier alpha value is -1.17. The SMILES string of the molecule is CCc1ccc(C(C)(O)CC(F)(F)C(F)(F)F)cc1. The fraction of sp³-hybridized carbons (Fsp3) is 0.538. The van der Waals surface area contributed by atoms with E-state index in [9.17, 15) is 27.1 Å². The van der Waals surface area contributed by atoms with Crippen molar-refractivity contribution in [1.29, 1.82) is 0 Å². The van der Waals surface area contributed by atoms with E-state index in [1.807, 2.05) is 6.92 Å². The van der Waals surface area contributed by atoms with Gasteiger partial charge in [0.25, 0.3) is 0 Å². The summed E-state index contributed by atoms with van der Waals surface area (Å²) >= 11 is 0. The molecule has 0 aliphatic heterocycles. The lowest BCUT2D eigenvalue weighted by Gasteiger charge is -2.30. The van der Waals surface area contributed by atoms with Gasteiger partial charge in [0.2, 0.25) is 0 Å². The van der Waals surface area contributed by atoms with Crippen molar-refractivity contribution in [2.45, 2.75) is 44.4 Å². The van der Waals surface area contributed by atoms with Crippen molar-refractivity contribution in [2.24, 2.45) is 0 Å². The molecule has 0 amide bonds. The number of rotatable bonds is 4. The second-order valence-electron chi connectivity index (χ2n) is 4.70. The maximum atomic E-state index is 13.0. The number of benzene rings is 1. The molecule has 1 unspecified atom stereocenters. The molecule has 1 aromatic rings. The van der Waals surface area contributed by atoms with Crippen molar-refractivity contribution in [3.8, 4) is 0 Å². The van der Waals surface area contributed by atoms with Crippen LogP contribution in [0.15, 0.2) is 24.3 Å². The molecule has 0 aromatic heterocycles. The lowest BCUT2D eigenvalue weighted by atomic mass is 9.88. The summed E-state index contributed by atoms with van der Waals surface area (Å²) in [5.41, 5.74) is -1.30. The highest BCUT2D eigenvalue weighted by Gasteiger charge is 2.59. The van der Waals surface area contributed by atoms with Crippen molar-refractivity contribution >= 4 is 0 Å². The first kappa shape index (κ1) is 15.9. The van der Waals surface area contributed by atoms with Crippen LogP contribution in [0.3, 0.4) is 0 Å². The van der Waals surface area contributed by atoms with Crippen LogP contribution in [0.1, 0.15) is 31.4 Å². The van der Waals surface area contributed by atoms with Gasteiger partial charge >= 0.3 is 12.1 Å². The predicted octanol–water partition coefficient (Wildman–Crippen LogP) is 4.04. The second kappa shape index (κ2) is 5.07. The van der Waals surface area contributed by atoms with Gasteiger partial charge in [-0.1, -0.05) is 31.2 Å². The van der Waals surface area contributed by atoms with Gasteiger partial charge in [-0.15, -0.1) is 0 Å². The average Bonchev–Trinajstić information content (AvgIpc) is 2.26. The molecule has 6 heteroatoms. The van der Waals surface area contributed by atoms with Crippen LogP contribution in [0.4, 0.5) is 22.0 Å². The summed E-state index contributed by atoms with van der Waals surface area (Å²) in [6, 6.07) is 5.92. The zero-order chi connectivity index (χ0) is 14.9. The summed E-state index contributed by atoms with van der Waals surface area (Å²) in [6.07, 6.45) is -6.66. The van der Waals surface area contributed by atoms with Gasteiger partial charge in [-0.2, -0.15) is 22.0 Å². The maximum Gasteiger partial charge on any atom is 0.453 e. The molecular formula is C13H15F5O. The fourth-order valence-electron chi connectivity index (χ4n) is 1.73. The minimum atomic E-state index is -5.67. The minimum Gasteiger partial charge on any atom is -0.385 e. The van der Waals surface area contributed by atoms with Gasteiger partial charge in [-0.25, -0.2) is 0 Å². The molecule has 1 nitrogen and oxygen atoms in total. The van der Waals surface area contributed by atoms with Crippen LogP contribution in [-0.2, 0) is 12.0 Å². The quantitative estimate of drug-likeness (QED) is 0.826. The van der Waals surface area contributed by atoms with Gasteiger partial charge in [-0.3, -0.25) is 0 Å². The molecule has 0 fully saturated rings. The summed E-state index contributed by atoms with van der Waals surface area (Å²) < 4.78 is 62.4. The molecule has 0 heterocycles. The van der Waals surface area contributed by atoms with Gasteiger partial charge in [-0.05, 0) is 24.5 Å². The average molecular weight is 282 g/mol. The van der Waals surface area contributed by atoms with E-state index in [4.69, 9.17) is 0 Å². The van der Waals surface area contributed by atoms with E-state index in [0.717, 1.165) is 12.5 Å². The molecule has 108 valence electrons. The molecule has 0 saturated carbocycles. The molecular weight excluding hydrogens is 267 g/mol. The maximum absolute atomic E-state index is 13.0. The van der Waals surface area contributed by atoms with Gasteiger partial charge in [0.15, 0.2) is 0 Å². The van der Waals surface area contributed by atoms with Crippen LogP contribution < -0.4 is 0 Å². The summed E-state index contributed by atoms with van der Waals surface area (Å²) in [5.74, 6) is -4.93. The van der Waals surface area contributed by atoms with E-state index >= 15 is 0 Å². The van der Waals surface area contributed by atoms with Crippen LogP contribution in [0.2, 0.25) is 0 Å². The van der Waals surface area contributed by atoms with Gasteiger partial charge in [0.1, 0.15) is 0 Å². The highest BCUT2D eigenvalue weighted by Crippen LogP contribution is 2.43. The molecule has 0 bridgehead atoms. The second-order valence-corrected chi connectivity index (χ2v) is 4.70.